The van der Waals surface area contributed by atoms with Gasteiger partial charge in [0, 0.05) is 37.8 Å². The zero-order valence-electron chi connectivity index (χ0n) is 19.3. The van der Waals surface area contributed by atoms with E-state index in [4.69, 9.17) is 16.3 Å². The number of anilines is 1. The molecular weight excluding hydrogens is 477 g/mol. The molecule has 0 spiro atoms. The Morgan fingerprint density at radius 3 is 2.74 bits per heavy atom. The average molecular weight is 504 g/mol. The van der Waals surface area contributed by atoms with Gasteiger partial charge in [0.2, 0.25) is 0 Å². The minimum Gasteiger partial charge on any atom is -0.465 e. The summed E-state index contributed by atoms with van der Waals surface area (Å²) < 4.78 is 21.0. The molecule has 4 heterocycles. The first-order chi connectivity index (χ1) is 16.9. The number of ether oxygens (including phenoxy) is 1. The number of carbonyl (C=O) groups is 1. The van der Waals surface area contributed by atoms with Crippen LogP contribution >= 0.6 is 11.6 Å². The van der Waals surface area contributed by atoms with E-state index in [1.807, 2.05) is 11.0 Å². The number of pyridine rings is 1. The fraction of sp³-hybridized carbons (Fsp3) is 0.609. The van der Waals surface area contributed by atoms with Gasteiger partial charge in [-0.1, -0.05) is 11.6 Å². The molecule has 1 saturated carbocycles. The molecule has 35 heavy (non-hydrogen) atoms. The maximum Gasteiger partial charge on any atom is 0.407 e. The van der Waals surface area contributed by atoms with Gasteiger partial charge in [0.15, 0.2) is 11.0 Å². The Labute approximate surface area is 207 Å². The number of amides is 1. The molecule has 3 aliphatic rings. The molecule has 1 unspecified atom stereocenters. The Morgan fingerprint density at radius 1 is 1.29 bits per heavy atom. The summed E-state index contributed by atoms with van der Waals surface area (Å²) in [5, 5.41) is 18.8. The van der Waals surface area contributed by atoms with Gasteiger partial charge >= 0.3 is 12.1 Å². The van der Waals surface area contributed by atoms with Gasteiger partial charge in [0.05, 0.1) is 30.5 Å². The number of nitriles is 1. The van der Waals surface area contributed by atoms with Gasteiger partial charge < -0.3 is 24.5 Å². The summed E-state index contributed by atoms with van der Waals surface area (Å²) in [5.41, 5.74) is 0.0781. The maximum absolute atomic E-state index is 15.0. The zero-order valence-corrected chi connectivity index (χ0v) is 20.0. The first kappa shape index (κ1) is 23.8. The number of halogens is 2. The van der Waals surface area contributed by atoms with Crippen LogP contribution in [0.5, 0.6) is 6.01 Å². The average Bonchev–Trinajstić information content (AvgIpc) is 3.42. The number of fused-ring (bicyclic) bond motifs is 1. The Morgan fingerprint density at radius 2 is 2.06 bits per heavy atom. The lowest BCUT2D eigenvalue weighted by atomic mass is 10.1. The maximum atomic E-state index is 15.0. The second-order valence-corrected chi connectivity index (χ2v) is 10.0. The Kier molecular flexibility index (Phi) is 6.51. The third kappa shape index (κ3) is 4.90. The van der Waals surface area contributed by atoms with Crippen LogP contribution in [0.15, 0.2) is 6.20 Å². The summed E-state index contributed by atoms with van der Waals surface area (Å²) in [6.45, 7) is 4.38. The molecule has 1 amide bonds. The van der Waals surface area contributed by atoms with Crippen LogP contribution in [0.3, 0.4) is 0 Å². The lowest BCUT2D eigenvalue weighted by Gasteiger charge is -2.39. The predicted octanol–water partition coefficient (Wildman–Crippen LogP) is 3.15. The van der Waals surface area contributed by atoms with Crippen molar-refractivity contribution < 1.29 is 19.0 Å². The van der Waals surface area contributed by atoms with E-state index in [1.54, 1.807) is 0 Å². The highest BCUT2D eigenvalue weighted by molar-refractivity contribution is 6.30. The quantitative estimate of drug-likeness (QED) is 0.568. The van der Waals surface area contributed by atoms with E-state index in [0.29, 0.717) is 24.4 Å². The summed E-state index contributed by atoms with van der Waals surface area (Å²) >= 11 is 5.94. The van der Waals surface area contributed by atoms with E-state index in [-0.39, 0.29) is 41.6 Å². The van der Waals surface area contributed by atoms with Crippen molar-refractivity contribution >= 4 is 34.4 Å². The smallest absolute Gasteiger partial charge is 0.407 e. The largest absolute Gasteiger partial charge is 0.465 e. The van der Waals surface area contributed by atoms with Crippen LogP contribution in [-0.4, -0.2) is 87.9 Å². The van der Waals surface area contributed by atoms with Gasteiger partial charge in [-0.05, 0) is 38.8 Å². The summed E-state index contributed by atoms with van der Waals surface area (Å²) in [6.07, 6.45) is 4.97. The van der Waals surface area contributed by atoms with E-state index >= 15 is 0 Å². The molecule has 10 nitrogen and oxygen atoms in total. The van der Waals surface area contributed by atoms with Crippen LogP contribution in [0.2, 0.25) is 5.15 Å². The molecule has 2 aromatic heterocycles. The topological polar surface area (TPSA) is 119 Å². The van der Waals surface area contributed by atoms with Gasteiger partial charge in [0.1, 0.15) is 11.3 Å². The highest BCUT2D eigenvalue weighted by Crippen LogP contribution is 2.47. The van der Waals surface area contributed by atoms with Crippen LogP contribution in [0.25, 0.3) is 10.9 Å². The van der Waals surface area contributed by atoms with Gasteiger partial charge in [-0.2, -0.15) is 15.2 Å². The third-order valence-corrected chi connectivity index (χ3v) is 7.44. The van der Waals surface area contributed by atoms with Crippen molar-refractivity contribution in [2.75, 3.05) is 50.8 Å². The Hall–Kier alpha value is -2.97. The molecule has 0 aromatic carbocycles. The molecule has 0 radical (unpaired) electrons. The van der Waals surface area contributed by atoms with Gasteiger partial charge in [-0.15, -0.1) is 0 Å². The highest BCUT2D eigenvalue weighted by Gasteiger charge is 2.45. The summed E-state index contributed by atoms with van der Waals surface area (Å²) in [5.74, 6) is -0.362. The monoisotopic (exact) mass is 503 g/mol. The van der Waals surface area contributed by atoms with Crippen LogP contribution < -0.4 is 9.64 Å². The SMILES string of the molecule is N#CCC1CN(c2nc(OCC3(CN4CCCC4)CC3)nc3c(F)c(Cl)ncc23)CCN1C(=O)O. The molecule has 1 atom stereocenters. The number of rotatable bonds is 7. The van der Waals surface area contributed by atoms with Crippen molar-refractivity contribution in [3.05, 3.63) is 17.2 Å². The molecule has 2 aliphatic heterocycles. The van der Waals surface area contributed by atoms with Crippen molar-refractivity contribution in [2.45, 2.75) is 38.1 Å². The standard InChI is InChI=1S/C23H27ClFN7O3/c24-19-17(25)18-16(11-27-19)20(31-9-10-32(22(33)34)15(12-31)3-6-26)29-21(28-18)35-14-23(4-5-23)13-30-7-1-2-8-30/h11,15H,1-5,7-10,12-14H2,(H,33,34). The number of likely N-dealkylation sites (tertiary alicyclic amines) is 1. The molecule has 3 fully saturated rings. The molecule has 2 aromatic rings. The molecule has 1 N–H and O–H groups in total. The lowest BCUT2D eigenvalue weighted by molar-refractivity contribution is 0.119. The third-order valence-electron chi connectivity index (χ3n) is 7.18. The van der Waals surface area contributed by atoms with Crippen molar-refractivity contribution in [3.8, 4) is 12.1 Å². The first-order valence-electron chi connectivity index (χ1n) is 11.9. The lowest BCUT2D eigenvalue weighted by Crippen LogP contribution is -2.55. The van der Waals surface area contributed by atoms with E-state index in [1.165, 1.54) is 23.9 Å². The summed E-state index contributed by atoms with van der Waals surface area (Å²) in [6, 6.07) is 1.56. The Balaban J connectivity index is 1.43. The van der Waals surface area contributed by atoms with Crippen molar-refractivity contribution in [2.24, 2.45) is 5.41 Å². The number of hydrogen-bond acceptors (Lipinski definition) is 8. The molecule has 12 heteroatoms. The number of hydrogen-bond donors (Lipinski definition) is 1. The number of carboxylic acid groups (broad SMARTS) is 1. The van der Waals surface area contributed by atoms with Gasteiger partial charge in [-0.25, -0.2) is 14.2 Å². The van der Waals surface area contributed by atoms with Crippen LogP contribution in [-0.2, 0) is 0 Å². The number of aromatic nitrogens is 3. The normalized spacial score (nSPS) is 21.8. The molecule has 1 aliphatic carbocycles. The minimum absolute atomic E-state index is 0.00638. The first-order valence-corrected chi connectivity index (χ1v) is 12.3. The fourth-order valence-electron chi connectivity index (χ4n) is 5.04. The minimum atomic E-state index is -1.08. The van der Waals surface area contributed by atoms with Crippen molar-refractivity contribution in [1.29, 1.82) is 5.26 Å². The van der Waals surface area contributed by atoms with E-state index in [9.17, 15) is 19.6 Å². The van der Waals surface area contributed by atoms with Gasteiger partial charge in [0.25, 0.3) is 0 Å². The molecule has 2 saturated heterocycles. The van der Waals surface area contributed by atoms with Crippen LogP contribution in [0.1, 0.15) is 32.1 Å². The van der Waals surface area contributed by atoms with Crippen molar-refractivity contribution in [3.63, 3.8) is 0 Å². The molecular formula is C23H27ClFN7O3. The summed E-state index contributed by atoms with van der Waals surface area (Å²) in [7, 11) is 0. The van der Waals surface area contributed by atoms with Gasteiger partial charge in [-0.3, -0.25) is 0 Å². The highest BCUT2D eigenvalue weighted by atomic mass is 35.5. The zero-order chi connectivity index (χ0) is 24.6. The molecule has 186 valence electrons. The second-order valence-electron chi connectivity index (χ2n) is 9.67. The predicted molar refractivity (Wildman–Crippen MR) is 126 cm³/mol. The summed E-state index contributed by atoms with van der Waals surface area (Å²) in [4.78, 5) is 30.0. The molecule has 5 rings (SSSR count). The van der Waals surface area contributed by atoms with E-state index in [2.05, 4.69) is 19.9 Å². The molecule has 0 bridgehead atoms. The number of piperazine rings is 1. The number of nitrogens with zero attached hydrogens (tertiary/aromatic N) is 7. The van der Waals surface area contributed by atoms with Crippen molar-refractivity contribution in [1.82, 2.24) is 24.8 Å². The Bertz CT molecular complexity index is 1170. The fourth-order valence-corrected chi connectivity index (χ4v) is 5.18. The van der Waals surface area contributed by atoms with E-state index in [0.717, 1.165) is 32.5 Å². The van der Waals surface area contributed by atoms with E-state index < -0.39 is 18.0 Å². The second kappa shape index (κ2) is 9.59. The van der Waals surface area contributed by atoms with Crippen LogP contribution in [0.4, 0.5) is 15.0 Å². The van der Waals surface area contributed by atoms with Crippen LogP contribution in [0, 0.1) is 22.6 Å².